The van der Waals surface area contributed by atoms with E-state index in [1.54, 1.807) is 12.1 Å². The lowest BCUT2D eigenvalue weighted by Crippen LogP contribution is -2.45. The van der Waals surface area contributed by atoms with Gasteiger partial charge in [0.1, 0.15) is 0 Å². The number of rotatable bonds is 7. The molecule has 1 aromatic heterocycles. The Morgan fingerprint density at radius 1 is 1.42 bits per heavy atom. The number of hydrogen-bond acceptors (Lipinski definition) is 4. The summed E-state index contributed by atoms with van der Waals surface area (Å²) in [5, 5.41) is 8.88. The molecule has 146 valence electrons. The zero-order valence-corrected chi connectivity index (χ0v) is 14.6. The van der Waals surface area contributed by atoms with Gasteiger partial charge in [-0.3, -0.25) is 14.7 Å². The summed E-state index contributed by atoms with van der Waals surface area (Å²) in [4.78, 5) is 17.4. The Morgan fingerprint density at radius 3 is 2.88 bits per heavy atom. The summed E-state index contributed by atoms with van der Waals surface area (Å²) in [7, 11) is 0. The highest BCUT2D eigenvalue weighted by Gasteiger charge is 2.34. The zero-order chi connectivity index (χ0) is 19.0. The summed E-state index contributed by atoms with van der Waals surface area (Å²) >= 11 is 0. The van der Waals surface area contributed by atoms with Gasteiger partial charge in [0.15, 0.2) is 11.7 Å². The van der Waals surface area contributed by atoms with E-state index in [2.05, 4.69) is 20.9 Å². The number of guanidine groups is 1. The number of furan rings is 1. The minimum atomic E-state index is -4.18. The first kappa shape index (κ1) is 20.1. The molecule has 1 atom stereocenters. The molecule has 3 N–H and O–H groups in total. The van der Waals surface area contributed by atoms with E-state index in [1.165, 1.54) is 11.2 Å². The second-order valence-electron chi connectivity index (χ2n) is 5.97. The molecular weight excluding hydrogens is 351 g/mol. The second kappa shape index (κ2) is 9.46. The number of halogens is 3. The molecule has 1 amide bonds. The molecule has 1 saturated heterocycles. The van der Waals surface area contributed by atoms with Gasteiger partial charge in [0.2, 0.25) is 0 Å². The van der Waals surface area contributed by atoms with Crippen LogP contribution in [0.5, 0.6) is 0 Å². The molecule has 1 unspecified atom stereocenters. The van der Waals surface area contributed by atoms with Gasteiger partial charge in [-0.05, 0) is 25.5 Å². The molecule has 2 heterocycles. The molecule has 0 radical (unpaired) electrons. The van der Waals surface area contributed by atoms with Crippen LogP contribution in [-0.2, 0) is 0 Å². The molecule has 0 aliphatic carbocycles. The number of nitrogens with zero attached hydrogens (tertiary/aromatic N) is 2. The first-order valence-electron chi connectivity index (χ1n) is 8.53. The van der Waals surface area contributed by atoms with Crippen molar-refractivity contribution < 1.29 is 22.4 Å². The van der Waals surface area contributed by atoms with Crippen LogP contribution in [0.3, 0.4) is 0 Å². The van der Waals surface area contributed by atoms with Crippen molar-refractivity contribution in [1.82, 2.24) is 20.9 Å². The molecule has 10 heteroatoms. The van der Waals surface area contributed by atoms with E-state index in [1.807, 2.05) is 6.92 Å². The number of carbonyl (C=O) groups excluding carboxylic acids is 1. The molecule has 1 aromatic rings. The van der Waals surface area contributed by atoms with Crippen LogP contribution >= 0.6 is 0 Å². The number of alkyl halides is 3. The van der Waals surface area contributed by atoms with Crippen molar-refractivity contribution in [1.29, 1.82) is 0 Å². The van der Waals surface area contributed by atoms with Crippen LogP contribution in [0.1, 0.15) is 23.9 Å². The first-order chi connectivity index (χ1) is 12.4. The van der Waals surface area contributed by atoms with Crippen molar-refractivity contribution in [3.05, 3.63) is 24.2 Å². The van der Waals surface area contributed by atoms with Crippen molar-refractivity contribution in [2.45, 2.75) is 25.6 Å². The number of aliphatic imine (C=N–C) groups is 1. The van der Waals surface area contributed by atoms with Gasteiger partial charge >= 0.3 is 6.18 Å². The number of carbonyl (C=O) groups is 1. The van der Waals surface area contributed by atoms with Crippen LogP contribution in [-0.4, -0.2) is 68.3 Å². The van der Waals surface area contributed by atoms with Crippen LogP contribution in [0, 0.1) is 0 Å². The normalized spacial score (nSPS) is 18.8. The molecule has 0 spiro atoms. The van der Waals surface area contributed by atoms with Crippen LogP contribution in [0.15, 0.2) is 27.8 Å². The standard InChI is InChI=1S/C16H24F3N5O2/c1-2-20-15(22-7-6-21-14(25)13-4-3-9-26-13)23-12-5-8-24(10-12)11-16(17,18)19/h3-4,9,12H,2,5-8,10-11H2,1H3,(H,21,25)(H2,20,22,23). The Bertz CT molecular complexity index is 589. The lowest BCUT2D eigenvalue weighted by molar-refractivity contribution is -0.143. The van der Waals surface area contributed by atoms with E-state index >= 15 is 0 Å². The van der Waals surface area contributed by atoms with Crippen LogP contribution in [0.2, 0.25) is 0 Å². The van der Waals surface area contributed by atoms with Gasteiger partial charge in [-0.2, -0.15) is 13.2 Å². The minimum absolute atomic E-state index is 0.0899. The van der Waals surface area contributed by atoms with Gasteiger partial charge in [0.05, 0.1) is 19.4 Å². The molecule has 0 bridgehead atoms. The quantitative estimate of drug-likeness (QED) is 0.379. The van der Waals surface area contributed by atoms with E-state index in [0.29, 0.717) is 45.1 Å². The minimum Gasteiger partial charge on any atom is -0.459 e. The van der Waals surface area contributed by atoms with Crippen molar-refractivity contribution >= 4 is 11.9 Å². The van der Waals surface area contributed by atoms with E-state index in [0.717, 1.165) is 0 Å². The lowest BCUT2D eigenvalue weighted by atomic mass is 10.3. The Balaban J connectivity index is 1.75. The molecule has 0 saturated carbocycles. The highest BCUT2D eigenvalue weighted by Crippen LogP contribution is 2.19. The molecule has 2 rings (SSSR count). The first-order valence-corrected chi connectivity index (χ1v) is 8.53. The monoisotopic (exact) mass is 375 g/mol. The van der Waals surface area contributed by atoms with Crippen molar-refractivity contribution in [3.8, 4) is 0 Å². The smallest absolute Gasteiger partial charge is 0.401 e. The second-order valence-corrected chi connectivity index (χ2v) is 5.97. The maximum atomic E-state index is 12.5. The summed E-state index contributed by atoms with van der Waals surface area (Å²) in [5.74, 6) is 0.440. The third-order valence-electron chi connectivity index (χ3n) is 3.77. The molecule has 1 fully saturated rings. The molecule has 0 aromatic carbocycles. The number of likely N-dealkylation sites (tertiary alicyclic amines) is 1. The Kier molecular flexibility index (Phi) is 7.31. The Morgan fingerprint density at radius 2 is 2.23 bits per heavy atom. The summed E-state index contributed by atoms with van der Waals surface area (Å²) in [6.45, 7) is 3.01. The van der Waals surface area contributed by atoms with E-state index in [4.69, 9.17) is 4.42 Å². The fourth-order valence-electron chi connectivity index (χ4n) is 2.69. The third kappa shape index (κ3) is 6.95. The highest BCUT2D eigenvalue weighted by atomic mass is 19.4. The van der Waals surface area contributed by atoms with Crippen LogP contribution in [0.4, 0.5) is 13.2 Å². The highest BCUT2D eigenvalue weighted by molar-refractivity contribution is 5.91. The predicted molar refractivity (Wildman–Crippen MR) is 91.1 cm³/mol. The molecule has 1 aliphatic rings. The average Bonchev–Trinajstić information content (AvgIpc) is 3.22. The predicted octanol–water partition coefficient (Wildman–Crippen LogP) is 1.20. The van der Waals surface area contributed by atoms with Crippen molar-refractivity contribution in [2.75, 3.05) is 39.3 Å². The topological polar surface area (TPSA) is 81.9 Å². The fourth-order valence-corrected chi connectivity index (χ4v) is 2.69. The largest absolute Gasteiger partial charge is 0.459 e. The van der Waals surface area contributed by atoms with Gasteiger partial charge in [-0.25, -0.2) is 0 Å². The molecular formula is C16H24F3N5O2. The van der Waals surface area contributed by atoms with Gasteiger partial charge in [-0.1, -0.05) is 0 Å². The van der Waals surface area contributed by atoms with Crippen molar-refractivity contribution in [3.63, 3.8) is 0 Å². The van der Waals surface area contributed by atoms with E-state index in [9.17, 15) is 18.0 Å². The summed E-state index contributed by atoms with van der Waals surface area (Å²) in [5.41, 5.74) is 0. The number of amides is 1. The van der Waals surface area contributed by atoms with Crippen LogP contribution < -0.4 is 16.0 Å². The van der Waals surface area contributed by atoms with Crippen molar-refractivity contribution in [2.24, 2.45) is 4.99 Å². The molecule has 7 nitrogen and oxygen atoms in total. The summed E-state index contributed by atoms with van der Waals surface area (Å²) < 4.78 is 42.3. The van der Waals surface area contributed by atoms with Gasteiger partial charge in [0, 0.05) is 32.2 Å². The fraction of sp³-hybridized carbons (Fsp3) is 0.625. The average molecular weight is 375 g/mol. The maximum Gasteiger partial charge on any atom is 0.401 e. The Labute approximate surface area is 150 Å². The molecule has 26 heavy (non-hydrogen) atoms. The van der Waals surface area contributed by atoms with E-state index in [-0.39, 0.29) is 17.7 Å². The third-order valence-corrected chi connectivity index (χ3v) is 3.77. The Hall–Kier alpha value is -2.23. The zero-order valence-electron chi connectivity index (χ0n) is 14.6. The van der Waals surface area contributed by atoms with Gasteiger partial charge < -0.3 is 20.4 Å². The number of hydrogen-bond donors (Lipinski definition) is 3. The lowest BCUT2D eigenvalue weighted by Gasteiger charge is -2.19. The molecule has 1 aliphatic heterocycles. The summed E-state index contributed by atoms with van der Waals surface area (Å²) in [6, 6.07) is 3.11. The summed E-state index contributed by atoms with van der Waals surface area (Å²) in [6.07, 6.45) is -2.14. The van der Waals surface area contributed by atoms with E-state index < -0.39 is 12.7 Å². The van der Waals surface area contributed by atoms with Crippen LogP contribution in [0.25, 0.3) is 0 Å². The van der Waals surface area contributed by atoms with Gasteiger partial charge in [-0.15, -0.1) is 0 Å². The number of nitrogens with one attached hydrogen (secondary N) is 3. The van der Waals surface area contributed by atoms with Gasteiger partial charge in [0.25, 0.3) is 5.91 Å². The maximum absolute atomic E-state index is 12.5. The SMILES string of the molecule is CCNC(=NCCNC(=O)c1ccco1)NC1CCN(CC(F)(F)F)C1.